The van der Waals surface area contributed by atoms with Crippen LogP contribution in [-0.4, -0.2) is 47.7 Å². The van der Waals surface area contributed by atoms with Crippen LogP contribution in [0, 0.1) is 0 Å². The molecule has 1 saturated heterocycles. The van der Waals surface area contributed by atoms with Crippen molar-refractivity contribution in [3.8, 4) is 11.3 Å². The van der Waals surface area contributed by atoms with E-state index in [1.165, 1.54) is 5.69 Å². The molecule has 1 aliphatic heterocycles. The first-order chi connectivity index (χ1) is 13.7. The average molecular weight is 466 g/mol. The zero-order valence-corrected chi connectivity index (χ0v) is 18.3. The van der Waals surface area contributed by atoms with Crippen LogP contribution in [0.1, 0.15) is 10.4 Å². The number of primary amides is 1. The SMILES string of the molecule is Cl.Cl.NC(=O)c1ccc(-c2ccnc(Nc3ccc(N4CCOCC4)cc3)n2)cc1.O. The molecule has 2 aromatic carbocycles. The zero-order chi connectivity index (χ0) is 19.3. The molecule has 1 aliphatic rings. The van der Waals surface area contributed by atoms with Crippen molar-refractivity contribution in [3.63, 3.8) is 0 Å². The van der Waals surface area contributed by atoms with E-state index < -0.39 is 5.91 Å². The number of rotatable bonds is 5. The van der Waals surface area contributed by atoms with Gasteiger partial charge in [-0.25, -0.2) is 9.97 Å². The molecule has 0 radical (unpaired) electrons. The lowest BCUT2D eigenvalue weighted by Crippen LogP contribution is -2.36. The highest BCUT2D eigenvalue weighted by molar-refractivity contribution is 5.93. The molecule has 5 N–H and O–H groups in total. The van der Waals surface area contributed by atoms with Crippen molar-refractivity contribution >= 4 is 48.0 Å². The Morgan fingerprint density at radius 1 is 0.968 bits per heavy atom. The second-order valence-corrected chi connectivity index (χ2v) is 6.48. The van der Waals surface area contributed by atoms with Crippen molar-refractivity contribution in [1.82, 2.24) is 9.97 Å². The van der Waals surface area contributed by atoms with Crippen molar-refractivity contribution in [2.75, 3.05) is 36.5 Å². The van der Waals surface area contributed by atoms with Gasteiger partial charge in [-0.2, -0.15) is 0 Å². The van der Waals surface area contributed by atoms with E-state index in [4.69, 9.17) is 10.5 Å². The number of ether oxygens (including phenoxy) is 1. The monoisotopic (exact) mass is 465 g/mol. The van der Waals surface area contributed by atoms with Gasteiger partial charge >= 0.3 is 0 Å². The Bertz CT molecular complexity index is 966. The van der Waals surface area contributed by atoms with Gasteiger partial charge in [-0.3, -0.25) is 4.79 Å². The summed E-state index contributed by atoms with van der Waals surface area (Å²) < 4.78 is 5.40. The maximum Gasteiger partial charge on any atom is 0.248 e. The molecule has 0 saturated carbocycles. The first-order valence-corrected chi connectivity index (χ1v) is 9.12. The van der Waals surface area contributed by atoms with Crippen molar-refractivity contribution in [3.05, 3.63) is 66.4 Å². The van der Waals surface area contributed by atoms with Gasteiger partial charge in [0.15, 0.2) is 0 Å². The predicted molar refractivity (Wildman–Crippen MR) is 127 cm³/mol. The van der Waals surface area contributed by atoms with Gasteiger partial charge in [0.1, 0.15) is 0 Å². The highest BCUT2D eigenvalue weighted by atomic mass is 35.5. The second kappa shape index (κ2) is 12.1. The molecule has 0 atom stereocenters. The fourth-order valence-electron chi connectivity index (χ4n) is 3.09. The summed E-state index contributed by atoms with van der Waals surface area (Å²) >= 11 is 0. The Labute approximate surface area is 193 Å². The van der Waals surface area contributed by atoms with Crippen molar-refractivity contribution in [2.24, 2.45) is 5.73 Å². The van der Waals surface area contributed by atoms with Crippen LogP contribution in [0.3, 0.4) is 0 Å². The maximum absolute atomic E-state index is 11.2. The topological polar surface area (TPSA) is 125 Å². The number of anilines is 3. The molecule has 0 spiro atoms. The van der Waals surface area contributed by atoms with Crippen LogP contribution < -0.4 is 16.0 Å². The minimum absolute atomic E-state index is 0. The number of halogens is 2. The number of aromatic nitrogens is 2. The Morgan fingerprint density at radius 3 is 2.23 bits per heavy atom. The third kappa shape index (κ3) is 6.53. The average Bonchev–Trinajstić information content (AvgIpc) is 2.75. The molecule has 1 fully saturated rings. The Balaban J connectivity index is 0.00000160. The summed E-state index contributed by atoms with van der Waals surface area (Å²) in [6, 6.07) is 17.1. The van der Waals surface area contributed by atoms with Gasteiger partial charge in [0.25, 0.3) is 0 Å². The number of nitrogens with two attached hydrogens (primary N) is 1. The van der Waals surface area contributed by atoms with E-state index in [9.17, 15) is 4.79 Å². The van der Waals surface area contributed by atoms with Crippen LogP contribution in [0.25, 0.3) is 11.3 Å². The lowest BCUT2D eigenvalue weighted by atomic mass is 10.1. The molecule has 3 aromatic rings. The van der Waals surface area contributed by atoms with Crippen LogP contribution in [0.15, 0.2) is 60.8 Å². The number of nitrogens with zero attached hydrogens (tertiary/aromatic N) is 3. The minimum atomic E-state index is -0.447. The molecule has 1 amide bonds. The molecule has 31 heavy (non-hydrogen) atoms. The van der Waals surface area contributed by atoms with Crippen LogP contribution in [0.4, 0.5) is 17.3 Å². The molecule has 10 heteroatoms. The van der Waals surface area contributed by atoms with Gasteiger partial charge in [-0.15, -0.1) is 24.8 Å². The molecular weight excluding hydrogens is 441 g/mol. The standard InChI is InChI=1S/C21H21N5O2.2ClH.H2O/c22-20(27)16-3-1-15(2-4-16)19-9-10-23-21(25-19)24-17-5-7-18(8-6-17)26-11-13-28-14-12-26;;;/h1-10H,11-14H2,(H2,22,27)(H,23,24,25);2*1H;1H2. The van der Waals surface area contributed by atoms with Crippen molar-refractivity contribution in [2.45, 2.75) is 0 Å². The normalized spacial score (nSPS) is 12.6. The number of hydrogen-bond donors (Lipinski definition) is 2. The predicted octanol–water partition coefficient (Wildman–Crippen LogP) is 2.84. The van der Waals surface area contributed by atoms with E-state index in [1.54, 1.807) is 18.3 Å². The van der Waals surface area contributed by atoms with Crippen LogP contribution in [0.5, 0.6) is 0 Å². The minimum Gasteiger partial charge on any atom is -0.412 e. The molecule has 0 aliphatic carbocycles. The quantitative estimate of drug-likeness (QED) is 0.596. The molecule has 2 heterocycles. The largest absolute Gasteiger partial charge is 0.412 e. The molecule has 4 rings (SSSR count). The van der Waals surface area contributed by atoms with Gasteiger partial charge in [0, 0.05) is 41.8 Å². The summed E-state index contributed by atoms with van der Waals surface area (Å²) in [5, 5.41) is 3.23. The summed E-state index contributed by atoms with van der Waals surface area (Å²) in [6.45, 7) is 3.35. The van der Waals surface area contributed by atoms with Crippen LogP contribution in [-0.2, 0) is 4.74 Å². The van der Waals surface area contributed by atoms with Crippen LogP contribution in [0.2, 0.25) is 0 Å². The van der Waals surface area contributed by atoms with E-state index in [2.05, 4.69) is 32.3 Å². The summed E-state index contributed by atoms with van der Waals surface area (Å²) in [4.78, 5) is 22.4. The van der Waals surface area contributed by atoms with Gasteiger partial charge < -0.3 is 26.2 Å². The number of hydrogen-bond acceptors (Lipinski definition) is 6. The van der Waals surface area contributed by atoms with Crippen molar-refractivity contribution < 1.29 is 15.0 Å². The molecule has 0 bridgehead atoms. The maximum atomic E-state index is 11.2. The van der Waals surface area contributed by atoms with E-state index in [-0.39, 0.29) is 30.3 Å². The summed E-state index contributed by atoms with van der Waals surface area (Å²) in [6.07, 6.45) is 1.70. The Morgan fingerprint density at radius 2 is 1.61 bits per heavy atom. The summed E-state index contributed by atoms with van der Waals surface area (Å²) in [7, 11) is 0. The van der Waals surface area contributed by atoms with E-state index >= 15 is 0 Å². The zero-order valence-electron chi connectivity index (χ0n) is 16.7. The fourth-order valence-corrected chi connectivity index (χ4v) is 3.09. The number of morpholine rings is 1. The van der Waals surface area contributed by atoms with Gasteiger partial charge in [0.2, 0.25) is 11.9 Å². The highest BCUT2D eigenvalue weighted by Gasteiger charge is 2.11. The lowest BCUT2D eigenvalue weighted by molar-refractivity contribution is 0.100. The molecule has 1 aromatic heterocycles. The second-order valence-electron chi connectivity index (χ2n) is 6.48. The Kier molecular flexibility index (Phi) is 10.2. The fraction of sp³-hybridized carbons (Fsp3) is 0.190. The molecule has 8 nitrogen and oxygen atoms in total. The van der Waals surface area contributed by atoms with Crippen molar-refractivity contribution in [1.29, 1.82) is 0 Å². The summed E-state index contributed by atoms with van der Waals surface area (Å²) in [5.41, 5.74) is 9.50. The Hall–Kier alpha value is -2.91. The van der Waals surface area contributed by atoms with Gasteiger partial charge in [-0.05, 0) is 42.5 Å². The number of amides is 1. The third-order valence-electron chi connectivity index (χ3n) is 4.62. The van der Waals surface area contributed by atoms with Gasteiger partial charge in [0.05, 0.1) is 18.9 Å². The van der Waals surface area contributed by atoms with E-state index in [1.807, 2.05) is 30.3 Å². The first kappa shape index (κ1) is 26.1. The number of carbonyl (C=O) groups is 1. The molecular formula is C21H25Cl2N5O3. The molecule has 166 valence electrons. The number of benzene rings is 2. The van der Waals surface area contributed by atoms with Gasteiger partial charge in [-0.1, -0.05) is 12.1 Å². The number of nitrogens with one attached hydrogen (secondary N) is 1. The first-order valence-electron chi connectivity index (χ1n) is 9.12. The third-order valence-corrected chi connectivity index (χ3v) is 4.62. The summed E-state index contributed by atoms with van der Waals surface area (Å²) in [5.74, 6) is 0.0627. The van der Waals surface area contributed by atoms with E-state index in [0.717, 1.165) is 43.2 Å². The van der Waals surface area contributed by atoms with Crippen LogP contribution >= 0.6 is 24.8 Å². The highest BCUT2D eigenvalue weighted by Crippen LogP contribution is 2.22. The lowest BCUT2D eigenvalue weighted by Gasteiger charge is -2.28. The number of carbonyl (C=O) groups excluding carboxylic acids is 1. The smallest absolute Gasteiger partial charge is 0.248 e. The molecule has 0 unspecified atom stereocenters. The van der Waals surface area contributed by atoms with E-state index in [0.29, 0.717) is 11.5 Å².